The highest BCUT2D eigenvalue weighted by Gasteiger charge is 2.36. The summed E-state index contributed by atoms with van der Waals surface area (Å²) in [5.74, 6) is -0.820. The number of hydrogen-bond donors (Lipinski definition) is 4. The lowest BCUT2D eigenvalue weighted by molar-refractivity contribution is -0.140. The van der Waals surface area contributed by atoms with E-state index in [9.17, 15) is 24.6 Å². The number of aliphatic hydroxyl groups is 2. The molecule has 202 valence electrons. The summed E-state index contributed by atoms with van der Waals surface area (Å²) in [6.45, 7) is 13.7. The van der Waals surface area contributed by atoms with Crippen molar-refractivity contribution in [2.45, 2.75) is 97.9 Å². The van der Waals surface area contributed by atoms with Gasteiger partial charge in [0, 0.05) is 18.7 Å². The maximum Gasteiger partial charge on any atom is 0.247 e. The minimum atomic E-state index is -0.742. The van der Waals surface area contributed by atoms with Crippen molar-refractivity contribution in [3.8, 4) is 0 Å². The summed E-state index contributed by atoms with van der Waals surface area (Å²) in [5, 5.41) is 24.1. The smallest absolute Gasteiger partial charge is 0.247 e. The van der Waals surface area contributed by atoms with E-state index in [1.54, 1.807) is 24.9 Å². The van der Waals surface area contributed by atoms with Gasteiger partial charge in [0.25, 0.3) is 0 Å². The summed E-state index contributed by atoms with van der Waals surface area (Å²) >= 11 is 0. The predicted octanol–water partition coefficient (Wildman–Crippen LogP) is 1.29. The highest BCUT2D eigenvalue weighted by molar-refractivity contribution is 5.93. The van der Waals surface area contributed by atoms with E-state index in [1.807, 2.05) is 27.7 Å². The second kappa shape index (κ2) is 14.6. The number of nitrogens with one attached hydrogen (secondary N) is 2. The first kappa shape index (κ1) is 31.1. The van der Waals surface area contributed by atoms with Gasteiger partial charge in [0.15, 0.2) is 0 Å². The first-order valence-electron chi connectivity index (χ1n) is 12.9. The Hall–Kier alpha value is -1.97. The fourth-order valence-electron chi connectivity index (χ4n) is 4.51. The monoisotopic (exact) mass is 496 g/mol. The maximum atomic E-state index is 13.6. The Bertz CT molecular complexity index is 733. The maximum absolute atomic E-state index is 13.6. The third-order valence-corrected chi connectivity index (χ3v) is 6.77. The van der Waals surface area contributed by atoms with Crippen LogP contribution in [0.1, 0.15) is 67.7 Å². The SMILES string of the molecule is CC(=C[C@H](C(C)C)N(C)C(=O)[C@@H](NC(=O)[C@H]1CCCCN1C(C)C)C(C)C)C(=O)NC(CO)CO. The van der Waals surface area contributed by atoms with Gasteiger partial charge in [-0.05, 0) is 52.0 Å². The van der Waals surface area contributed by atoms with Crippen LogP contribution in [0.4, 0.5) is 0 Å². The number of carbonyl (C=O) groups excluding carboxylic acids is 3. The number of rotatable bonds is 12. The fourth-order valence-corrected chi connectivity index (χ4v) is 4.51. The zero-order chi connectivity index (χ0) is 26.9. The standard InChI is InChI=1S/C26H48N4O5/c1-16(2)22(13-19(7)24(33)27-20(14-31)15-32)29(8)26(35)23(17(3)4)28-25(34)21-11-9-10-12-30(21)18(5)6/h13,16-18,20-23,31-32H,9-12,14-15H2,1-8H3,(H,27,33)(H,28,34)/t21-,22-,23+/m1/s1. The molecule has 9 nitrogen and oxygen atoms in total. The van der Waals surface area contributed by atoms with Gasteiger partial charge in [-0.2, -0.15) is 0 Å². The van der Waals surface area contributed by atoms with Crippen LogP contribution in [0.25, 0.3) is 0 Å². The Labute approximate surface area is 211 Å². The van der Waals surface area contributed by atoms with Gasteiger partial charge in [0.2, 0.25) is 17.7 Å². The molecule has 0 bridgehead atoms. The van der Waals surface area contributed by atoms with E-state index >= 15 is 0 Å². The number of carbonyl (C=O) groups is 3. The third kappa shape index (κ3) is 8.88. The second-order valence-electron chi connectivity index (χ2n) is 10.6. The molecule has 1 saturated heterocycles. The molecule has 1 aliphatic rings. The average Bonchev–Trinajstić information content (AvgIpc) is 2.82. The Morgan fingerprint density at radius 1 is 1.00 bits per heavy atom. The molecule has 9 heteroatoms. The summed E-state index contributed by atoms with van der Waals surface area (Å²) in [6.07, 6.45) is 4.58. The zero-order valence-electron chi connectivity index (χ0n) is 22.9. The highest BCUT2D eigenvalue weighted by atomic mass is 16.3. The van der Waals surface area contributed by atoms with E-state index in [2.05, 4.69) is 29.4 Å². The van der Waals surface area contributed by atoms with Gasteiger partial charge in [-0.15, -0.1) is 0 Å². The van der Waals surface area contributed by atoms with Crippen LogP contribution in [0.5, 0.6) is 0 Å². The van der Waals surface area contributed by atoms with Crippen molar-refractivity contribution < 1.29 is 24.6 Å². The van der Waals surface area contributed by atoms with E-state index in [1.165, 1.54) is 0 Å². The van der Waals surface area contributed by atoms with E-state index in [0.29, 0.717) is 5.57 Å². The number of likely N-dealkylation sites (tertiary alicyclic amines) is 1. The number of nitrogens with zero attached hydrogens (tertiary/aromatic N) is 2. The minimum absolute atomic E-state index is 0.0106. The van der Waals surface area contributed by atoms with Gasteiger partial charge in [0.05, 0.1) is 31.3 Å². The molecule has 0 aromatic rings. The molecule has 0 saturated carbocycles. The first-order chi connectivity index (χ1) is 16.3. The summed E-state index contributed by atoms with van der Waals surface area (Å²) in [5.41, 5.74) is 0.384. The third-order valence-electron chi connectivity index (χ3n) is 6.77. The Morgan fingerprint density at radius 2 is 1.60 bits per heavy atom. The summed E-state index contributed by atoms with van der Waals surface area (Å²) in [4.78, 5) is 43.2. The Morgan fingerprint density at radius 3 is 2.09 bits per heavy atom. The summed E-state index contributed by atoms with van der Waals surface area (Å²) < 4.78 is 0. The molecule has 1 fully saturated rings. The highest BCUT2D eigenvalue weighted by Crippen LogP contribution is 2.21. The molecule has 3 amide bonds. The number of likely N-dealkylation sites (N-methyl/N-ethyl adjacent to an activating group) is 1. The van der Waals surface area contributed by atoms with Crippen LogP contribution in [0.15, 0.2) is 11.6 Å². The molecule has 4 N–H and O–H groups in total. The van der Waals surface area contributed by atoms with Crippen molar-refractivity contribution in [2.75, 3.05) is 26.8 Å². The lowest BCUT2D eigenvalue weighted by atomic mass is 9.95. The zero-order valence-corrected chi connectivity index (χ0v) is 22.9. The molecule has 1 rings (SSSR count). The van der Waals surface area contributed by atoms with Crippen LogP contribution in [0.2, 0.25) is 0 Å². The van der Waals surface area contributed by atoms with Gasteiger partial charge in [-0.3, -0.25) is 19.3 Å². The van der Waals surface area contributed by atoms with Crippen LogP contribution in [-0.4, -0.2) is 94.7 Å². The van der Waals surface area contributed by atoms with Gasteiger partial charge in [-0.1, -0.05) is 40.2 Å². The van der Waals surface area contributed by atoms with Crippen molar-refractivity contribution in [3.05, 3.63) is 11.6 Å². The van der Waals surface area contributed by atoms with Gasteiger partial charge < -0.3 is 25.7 Å². The van der Waals surface area contributed by atoms with Crippen LogP contribution in [0, 0.1) is 11.8 Å². The van der Waals surface area contributed by atoms with E-state index in [0.717, 1.165) is 25.8 Å². The molecule has 0 spiro atoms. The van der Waals surface area contributed by atoms with Crippen LogP contribution in [-0.2, 0) is 14.4 Å². The van der Waals surface area contributed by atoms with Crippen LogP contribution < -0.4 is 10.6 Å². The van der Waals surface area contributed by atoms with Gasteiger partial charge >= 0.3 is 0 Å². The van der Waals surface area contributed by atoms with Crippen molar-refractivity contribution in [2.24, 2.45) is 11.8 Å². The normalized spacial score (nSPS) is 19.3. The molecule has 1 aliphatic heterocycles. The van der Waals surface area contributed by atoms with Crippen molar-refractivity contribution in [3.63, 3.8) is 0 Å². The van der Waals surface area contributed by atoms with Crippen LogP contribution >= 0.6 is 0 Å². The van der Waals surface area contributed by atoms with Gasteiger partial charge in [-0.25, -0.2) is 0 Å². The molecular formula is C26H48N4O5. The van der Waals surface area contributed by atoms with Crippen molar-refractivity contribution in [1.82, 2.24) is 20.4 Å². The molecule has 3 atom stereocenters. The molecule has 35 heavy (non-hydrogen) atoms. The number of amides is 3. The first-order valence-corrected chi connectivity index (χ1v) is 12.9. The molecular weight excluding hydrogens is 448 g/mol. The molecule has 0 aliphatic carbocycles. The topological polar surface area (TPSA) is 122 Å². The molecule has 0 radical (unpaired) electrons. The average molecular weight is 497 g/mol. The second-order valence-corrected chi connectivity index (χ2v) is 10.6. The van der Waals surface area contributed by atoms with E-state index in [4.69, 9.17) is 0 Å². The van der Waals surface area contributed by atoms with Crippen LogP contribution in [0.3, 0.4) is 0 Å². The molecule has 1 heterocycles. The van der Waals surface area contributed by atoms with Crippen molar-refractivity contribution in [1.29, 1.82) is 0 Å². The molecule has 0 aromatic carbocycles. The lowest BCUT2D eigenvalue weighted by Crippen LogP contribution is -2.58. The number of aliphatic hydroxyl groups excluding tert-OH is 2. The van der Waals surface area contributed by atoms with E-state index in [-0.39, 0.29) is 55.0 Å². The minimum Gasteiger partial charge on any atom is -0.394 e. The number of piperidine rings is 1. The summed E-state index contributed by atoms with van der Waals surface area (Å²) in [6, 6.07) is -1.78. The van der Waals surface area contributed by atoms with Gasteiger partial charge in [0.1, 0.15) is 6.04 Å². The Kier molecular flexibility index (Phi) is 12.9. The largest absolute Gasteiger partial charge is 0.394 e. The fraction of sp³-hybridized carbons (Fsp3) is 0.808. The molecule has 0 aromatic heterocycles. The molecule has 0 unspecified atom stereocenters. The Balaban J connectivity index is 3.06. The van der Waals surface area contributed by atoms with Crippen molar-refractivity contribution >= 4 is 17.7 Å². The number of hydrogen-bond acceptors (Lipinski definition) is 6. The van der Waals surface area contributed by atoms with E-state index < -0.39 is 18.0 Å². The predicted molar refractivity (Wildman–Crippen MR) is 138 cm³/mol. The quantitative estimate of drug-likeness (QED) is 0.302. The summed E-state index contributed by atoms with van der Waals surface area (Å²) in [7, 11) is 1.70. The lowest BCUT2D eigenvalue weighted by Gasteiger charge is -2.39.